The van der Waals surface area contributed by atoms with Gasteiger partial charge in [0.25, 0.3) is 0 Å². The monoisotopic (exact) mass is 156 g/mol. The summed E-state index contributed by atoms with van der Waals surface area (Å²) in [6.45, 7) is 3.63. The van der Waals surface area contributed by atoms with E-state index in [-0.39, 0.29) is 0 Å². The minimum Gasteiger partial charge on any atom is -0.453 e. The lowest BCUT2D eigenvalue weighted by atomic mass is 10.0. The van der Waals surface area contributed by atoms with Crippen LogP contribution in [0, 0.1) is 0 Å². The van der Waals surface area contributed by atoms with Crippen molar-refractivity contribution >= 4 is 5.97 Å². The number of carbonyl (C=O) groups is 1. The Hall–Kier alpha value is -0.830. The highest BCUT2D eigenvalue weighted by atomic mass is 16.6. The van der Waals surface area contributed by atoms with Crippen molar-refractivity contribution in [3.63, 3.8) is 0 Å². The van der Waals surface area contributed by atoms with Gasteiger partial charge in [0, 0.05) is 6.42 Å². The first-order valence-electron chi connectivity index (χ1n) is 3.62. The van der Waals surface area contributed by atoms with E-state index in [0.29, 0.717) is 6.42 Å². The van der Waals surface area contributed by atoms with Crippen LogP contribution in [0.3, 0.4) is 0 Å². The van der Waals surface area contributed by atoms with Crippen molar-refractivity contribution in [2.24, 2.45) is 0 Å². The van der Waals surface area contributed by atoms with Crippen molar-refractivity contribution in [2.45, 2.75) is 32.0 Å². The Morgan fingerprint density at radius 2 is 2.45 bits per heavy atom. The number of hydrogen-bond acceptors (Lipinski definition) is 3. The molecule has 0 aliphatic carbocycles. The highest BCUT2D eigenvalue weighted by molar-refractivity contribution is 5.77. The van der Waals surface area contributed by atoms with Crippen LogP contribution < -0.4 is 0 Å². The van der Waals surface area contributed by atoms with E-state index in [9.17, 15) is 4.79 Å². The van der Waals surface area contributed by atoms with Crippen LogP contribution in [0.4, 0.5) is 0 Å². The summed E-state index contributed by atoms with van der Waals surface area (Å²) in [5, 5.41) is 9.05. The highest BCUT2D eigenvalue weighted by Gasteiger charge is 2.40. The lowest BCUT2D eigenvalue weighted by Crippen LogP contribution is -2.20. The fourth-order valence-corrected chi connectivity index (χ4v) is 1.26. The molecule has 0 aromatic carbocycles. The maximum atomic E-state index is 10.8. The summed E-state index contributed by atoms with van der Waals surface area (Å²) in [4.78, 5) is 10.8. The van der Waals surface area contributed by atoms with Gasteiger partial charge < -0.3 is 9.84 Å². The summed E-state index contributed by atoms with van der Waals surface area (Å²) in [5.41, 5.74) is -0.592. The average molecular weight is 156 g/mol. The molecule has 1 N–H and O–H groups in total. The van der Waals surface area contributed by atoms with Gasteiger partial charge in [-0.3, -0.25) is 0 Å². The lowest BCUT2D eigenvalue weighted by Gasteiger charge is -2.16. The summed E-state index contributed by atoms with van der Waals surface area (Å²) in [6.07, 6.45) is 3.00. The second kappa shape index (κ2) is 2.66. The molecule has 11 heavy (non-hydrogen) atoms. The Labute approximate surface area is 65.7 Å². The van der Waals surface area contributed by atoms with E-state index in [1.807, 2.05) is 13.0 Å². The summed E-state index contributed by atoms with van der Waals surface area (Å²) in [5.74, 6) is -0.523. The molecule has 1 unspecified atom stereocenters. The fraction of sp³-hybridized carbons (Fsp3) is 0.625. The van der Waals surface area contributed by atoms with Gasteiger partial charge in [-0.1, -0.05) is 6.08 Å². The molecule has 0 radical (unpaired) electrons. The third kappa shape index (κ3) is 1.60. The summed E-state index contributed by atoms with van der Waals surface area (Å²) in [6, 6.07) is 0. The van der Waals surface area contributed by atoms with Crippen LogP contribution in [0.2, 0.25) is 0 Å². The number of hydrogen-bond donors (Lipinski definition) is 1. The van der Waals surface area contributed by atoms with Crippen molar-refractivity contribution in [3.8, 4) is 0 Å². The molecule has 0 aromatic rings. The molecule has 0 aromatic heterocycles. The average Bonchev–Trinajstić information content (AvgIpc) is 2.08. The van der Waals surface area contributed by atoms with Crippen LogP contribution in [-0.2, 0) is 9.53 Å². The summed E-state index contributed by atoms with van der Waals surface area (Å²) < 4.78 is 4.93. The summed E-state index contributed by atoms with van der Waals surface area (Å²) >= 11 is 0. The highest BCUT2D eigenvalue weighted by Crippen LogP contribution is 2.27. The number of cyclic esters (lactones) is 1. The van der Waals surface area contributed by atoms with Crippen LogP contribution in [0.25, 0.3) is 0 Å². The van der Waals surface area contributed by atoms with E-state index >= 15 is 0 Å². The Morgan fingerprint density at radius 1 is 1.82 bits per heavy atom. The number of carbonyl (C=O) groups excluding carboxylic acids is 1. The van der Waals surface area contributed by atoms with Crippen molar-refractivity contribution in [2.75, 3.05) is 0 Å². The molecule has 1 fully saturated rings. The van der Waals surface area contributed by atoms with Gasteiger partial charge in [-0.25, -0.2) is 4.79 Å². The molecule has 1 saturated heterocycles. The quantitative estimate of drug-likeness (QED) is 0.447. The van der Waals surface area contributed by atoms with E-state index in [2.05, 4.69) is 0 Å². The van der Waals surface area contributed by atoms with Gasteiger partial charge >= 0.3 is 5.97 Å². The number of esters is 1. The minimum atomic E-state index is -0.948. The molecule has 1 aliphatic heterocycles. The molecule has 0 saturated carbocycles. The zero-order valence-electron chi connectivity index (χ0n) is 6.70. The molecule has 0 amide bonds. The van der Waals surface area contributed by atoms with Crippen molar-refractivity contribution in [3.05, 3.63) is 12.2 Å². The molecule has 62 valence electrons. The normalized spacial score (nSPS) is 38.1. The van der Waals surface area contributed by atoms with Gasteiger partial charge in [0.2, 0.25) is 0 Å². The molecule has 1 aliphatic rings. The second-order valence-electron chi connectivity index (χ2n) is 2.95. The molecule has 0 spiro atoms. The first kappa shape index (κ1) is 8.27. The molecule has 3 nitrogen and oxygen atoms in total. The maximum Gasteiger partial charge on any atom is 0.335 e. The molecule has 2 atom stereocenters. The molecule has 0 bridgehead atoms. The van der Waals surface area contributed by atoms with Crippen LogP contribution in [0.5, 0.6) is 0 Å². The Kier molecular flexibility index (Phi) is 2.00. The fourth-order valence-electron chi connectivity index (χ4n) is 1.26. The standard InChI is InChI=1S/C8H12O3/c1-3-4-8(2)5-6(9)7(10)11-8/h3-4,6,9H,5H2,1-2H3/b4-3+/t6?,8-/m1/s1. The first-order chi connectivity index (χ1) is 5.07. The molecule has 3 heteroatoms. The topological polar surface area (TPSA) is 46.5 Å². The number of aliphatic hydroxyl groups is 1. The molecule has 1 rings (SSSR count). The van der Waals surface area contributed by atoms with E-state index in [0.717, 1.165) is 0 Å². The van der Waals surface area contributed by atoms with Crippen molar-refractivity contribution in [1.82, 2.24) is 0 Å². The number of rotatable bonds is 1. The Balaban J connectivity index is 2.71. The second-order valence-corrected chi connectivity index (χ2v) is 2.95. The SMILES string of the molecule is C/C=C/[C@]1(C)CC(O)C(=O)O1. The lowest BCUT2D eigenvalue weighted by molar-refractivity contribution is -0.149. The van der Waals surface area contributed by atoms with Crippen LogP contribution in [0.15, 0.2) is 12.2 Å². The predicted octanol–water partition coefficient (Wildman–Crippen LogP) is 0.629. The van der Waals surface area contributed by atoms with Crippen molar-refractivity contribution in [1.29, 1.82) is 0 Å². The Morgan fingerprint density at radius 3 is 2.82 bits per heavy atom. The van der Waals surface area contributed by atoms with Gasteiger partial charge in [-0.2, -0.15) is 0 Å². The van der Waals surface area contributed by atoms with Gasteiger partial charge in [-0.05, 0) is 19.9 Å². The van der Waals surface area contributed by atoms with Gasteiger partial charge in [-0.15, -0.1) is 0 Å². The first-order valence-corrected chi connectivity index (χ1v) is 3.62. The number of allylic oxidation sites excluding steroid dienone is 1. The zero-order chi connectivity index (χ0) is 8.48. The predicted molar refractivity (Wildman–Crippen MR) is 39.9 cm³/mol. The van der Waals surface area contributed by atoms with E-state index in [1.165, 1.54) is 0 Å². The minimum absolute atomic E-state index is 0.357. The van der Waals surface area contributed by atoms with Gasteiger partial charge in [0.15, 0.2) is 6.10 Å². The molecular weight excluding hydrogens is 144 g/mol. The van der Waals surface area contributed by atoms with E-state index in [1.54, 1.807) is 13.0 Å². The third-order valence-electron chi connectivity index (χ3n) is 1.72. The number of aliphatic hydroxyl groups excluding tert-OH is 1. The summed E-state index contributed by atoms with van der Waals surface area (Å²) in [7, 11) is 0. The maximum absolute atomic E-state index is 10.8. The van der Waals surface area contributed by atoms with Crippen LogP contribution >= 0.6 is 0 Å². The number of ether oxygens (including phenoxy) is 1. The molecule has 1 heterocycles. The van der Waals surface area contributed by atoms with E-state index < -0.39 is 17.7 Å². The largest absolute Gasteiger partial charge is 0.453 e. The van der Waals surface area contributed by atoms with Gasteiger partial charge in [0.05, 0.1) is 0 Å². The van der Waals surface area contributed by atoms with Gasteiger partial charge in [0.1, 0.15) is 5.60 Å². The van der Waals surface area contributed by atoms with Crippen LogP contribution in [-0.4, -0.2) is 22.8 Å². The van der Waals surface area contributed by atoms with E-state index in [4.69, 9.17) is 9.84 Å². The third-order valence-corrected chi connectivity index (χ3v) is 1.72. The molecular formula is C8H12O3. The van der Waals surface area contributed by atoms with Crippen LogP contribution in [0.1, 0.15) is 20.3 Å². The van der Waals surface area contributed by atoms with Crippen molar-refractivity contribution < 1.29 is 14.6 Å². The Bertz CT molecular complexity index is 198. The zero-order valence-corrected chi connectivity index (χ0v) is 6.70. The smallest absolute Gasteiger partial charge is 0.335 e.